The van der Waals surface area contributed by atoms with Gasteiger partial charge in [-0.3, -0.25) is 4.40 Å². The zero-order chi connectivity index (χ0) is 14.6. The third-order valence-electron chi connectivity index (χ3n) is 3.58. The number of methoxy groups -OCH3 is 1. The van der Waals surface area contributed by atoms with Crippen molar-refractivity contribution in [1.29, 1.82) is 0 Å². The zero-order valence-electron chi connectivity index (χ0n) is 12.8. The molecule has 0 aliphatic heterocycles. The van der Waals surface area contributed by atoms with Gasteiger partial charge in [0.1, 0.15) is 5.82 Å². The highest BCUT2D eigenvalue weighted by Gasteiger charge is 2.19. The van der Waals surface area contributed by atoms with E-state index in [2.05, 4.69) is 36.3 Å². The summed E-state index contributed by atoms with van der Waals surface area (Å²) in [4.78, 5) is 0. The topological polar surface area (TPSA) is 51.5 Å². The molecule has 0 bridgehead atoms. The van der Waals surface area contributed by atoms with Gasteiger partial charge in [-0.2, -0.15) is 0 Å². The van der Waals surface area contributed by atoms with Gasteiger partial charge >= 0.3 is 0 Å². The van der Waals surface area contributed by atoms with Crippen molar-refractivity contribution in [3.05, 3.63) is 30.2 Å². The molecule has 0 radical (unpaired) electrons. The van der Waals surface area contributed by atoms with Crippen molar-refractivity contribution in [3.8, 4) is 0 Å². The molecule has 1 N–H and O–H groups in total. The highest BCUT2D eigenvalue weighted by atomic mass is 16.5. The third kappa shape index (κ3) is 3.77. The molecule has 0 fully saturated rings. The Hall–Kier alpha value is -1.46. The summed E-state index contributed by atoms with van der Waals surface area (Å²) in [5.74, 6) is 0.992. The normalized spacial score (nSPS) is 13.8. The second-order valence-electron chi connectivity index (χ2n) is 5.82. The Morgan fingerprint density at radius 3 is 2.90 bits per heavy atom. The number of hydrogen-bond donors (Lipinski definition) is 1. The molecule has 1 unspecified atom stereocenters. The second kappa shape index (κ2) is 6.33. The molecule has 20 heavy (non-hydrogen) atoms. The lowest BCUT2D eigenvalue weighted by Gasteiger charge is -2.27. The maximum atomic E-state index is 5.45. The number of nitrogens with zero attached hydrogens (tertiary/aromatic N) is 3. The Morgan fingerprint density at radius 1 is 1.35 bits per heavy atom. The van der Waals surface area contributed by atoms with Gasteiger partial charge in [0, 0.05) is 32.3 Å². The van der Waals surface area contributed by atoms with Gasteiger partial charge < -0.3 is 10.1 Å². The number of rotatable bonds is 7. The average molecular weight is 276 g/mol. The Labute approximate surface area is 120 Å². The average Bonchev–Trinajstić information content (AvgIpc) is 2.82. The largest absolute Gasteiger partial charge is 0.379 e. The predicted molar refractivity (Wildman–Crippen MR) is 79.9 cm³/mol. The van der Waals surface area contributed by atoms with Gasteiger partial charge in [0.25, 0.3) is 0 Å². The van der Waals surface area contributed by atoms with Crippen molar-refractivity contribution in [1.82, 2.24) is 19.9 Å². The molecule has 1 atom stereocenters. The molecule has 5 nitrogen and oxygen atoms in total. The fraction of sp³-hybridized carbons (Fsp3) is 0.600. The lowest BCUT2D eigenvalue weighted by atomic mass is 10.00. The summed E-state index contributed by atoms with van der Waals surface area (Å²) in [5.41, 5.74) is 0.810. The molecule has 2 heterocycles. The SMILES string of the molecule is COC(C)(C)CC(C)NCCc1nnc2ccccn12. The fourth-order valence-corrected chi connectivity index (χ4v) is 2.38. The van der Waals surface area contributed by atoms with Gasteiger partial charge in [-0.25, -0.2) is 0 Å². The Balaban J connectivity index is 1.84. The summed E-state index contributed by atoms with van der Waals surface area (Å²) in [6.45, 7) is 7.29. The van der Waals surface area contributed by atoms with Crippen LogP contribution in [0, 0.1) is 0 Å². The van der Waals surface area contributed by atoms with Gasteiger partial charge in [0.05, 0.1) is 5.60 Å². The molecule has 0 spiro atoms. The van der Waals surface area contributed by atoms with Gasteiger partial charge in [0.2, 0.25) is 0 Å². The molecule has 0 saturated heterocycles. The van der Waals surface area contributed by atoms with E-state index < -0.39 is 0 Å². The molecular weight excluding hydrogens is 252 g/mol. The minimum absolute atomic E-state index is 0.0893. The van der Waals surface area contributed by atoms with Crippen molar-refractivity contribution in [3.63, 3.8) is 0 Å². The van der Waals surface area contributed by atoms with Crippen LogP contribution in [0.1, 0.15) is 33.0 Å². The molecule has 2 aromatic rings. The van der Waals surface area contributed by atoms with E-state index in [9.17, 15) is 0 Å². The van der Waals surface area contributed by atoms with Crippen molar-refractivity contribution in [2.45, 2.75) is 45.3 Å². The first-order valence-electron chi connectivity index (χ1n) is 7.09. The highest BCUT2D eigenvalue weighted by Crippen LogP contribution is 2.15. The van der Waals surface area contributed by atoms with Crippen LogP contribution in [0.5, 0.6) is 0 Å². The highest BCUT2D eigenvalue weighted by molar-refractivity contribution is 5.36. The van der Waals surface area contributed by atoms with Crippen molar-refractivity contribution in [2.24, 2.45) is 0 Å². The molecule has 0 aromatic carbocycles. The molecule has 0 aliphatic carbocycles. The molecular formula is C15H24N4O. The van der Waals surface area contributed by atoms with Gasteiger partial charge in [-0.15, -0.1) is 10.2 Å². The summed E-state index contributed by atoms with van der Waals surface area (Å²) in [6, 6.07) is 6.34. The van der Waals surface area contributed by atoms with Crippen LogP contribution in [0.15, 0.2) is 24.4 Å². The number of pyridine rings is 1. The minimum Gasteiger partial charge on any atom is -0.379 e. The zero-order valence-corrected chi connectivity index (χ0v) is 12.8. The van der Waals surface area contributed by atoms with E-state index in [0.29, 0.717) is 6.04 Å². The van der Waals surface area contributed by atoms with Crippen LogP contribution in [-0.4, -0.2) is 39.9 Å². The minimum atomic E-state index is -0.0893. The summed E-state index contributed by atoms with van der Waals surface area (Å²) in [5, 5.41) is 11.9. The predicted octanol–water partition coefficient (Wildman–Crippen LogP) is 2.06. The monoisotopic (exact) mass is 276 g/mol. The third-order valence-corrected chi connectivity index (χ3v) is 3.58. The van der Waals surface area contributed by atoms with Crippen LogP contribution < -0.4 is 5.32 Å². The lowest BCUT2D eigenvalue weighted by Crippen LogP contribution is -2.36. The summed E-state index contributed by atoms with van der Waals surface area (Å²) in [7, 11) is 1.76. The van der Waals surface area contributed by atoms with E-state index in [1.807, 2.05) is 28.8 Å². The number of hydrogen-bond acceptors (Lipinski definition) is 4. The molecule has 0 aliphatic rings. The first kappa shape index (κ1) is 14.9. The van der Waals surface area contributed by atoms with E-state index in [-0.39, 0.29) is 5.60 Å². The van der Waals surface area contributed by atoms with Gasteiger partial charge in [-0.1, -0.05) is 6.07 Å². The molecule has 2 rings (SSSR count). The quantitative estimate of drug-likeness (QED) is 0.841. The Kier molecular flexibility index (Phi) is 4.73. The van der Waals surface area contributed by atoms with Gasteiger partial charge in [-0.05, 0) is 39.3 Å². The number of ether oxygens (including phenoxy) is 1. The van der Waals surface area contributed by atoms with Crippen LogP contribution >= 0.6 is 0 Å². The maximum absolute atomic E-state index is 5.45. The Bertz CT molecular complexity index is 550. The molecule has 5 heteroatoms. The van der Waals surface area contributed by atoms with E-state index in [4.69, 9.17) is 4.74 Å². The van der Waals surface area contributed by atoms with Crippen LogP contribution in [0.3, 0.4) is 0 Å². The first-order valence-corrected chi connectivity index (χ1v) is 7.09. The summed E-state index contributed by atoms with van der Waals surface area (Å²) in [6.07, 6.45) is 3.84. The molecule has 0 saturated carbocycles. The molecule has 2 aromatic heterocycles. The van der Waals surface area contributed by atoms with E-state index >= 15 is 0 Å². The lowest BCUT2D eigenvalue weighted by molar-refractivity contribution is 0.00864. The van der Waals surface area contributed by atoms with Crippen LogP contribution in [0.2, 0.25) is 0 Å². The smallest absolute Gasteiger partial charge is 0.160 e. The molecule has 110 valence electrons. The summed E-state index contributed by atoms with van der Waals surface area (Å²) < 4.78 is 7.48. The van der Waals surface area contributed by atoms with Crippen molar-refractivity contribution >= 4 is 5.65 Å². The number of fused-ring (bicyclic) bond motifs is 1. The summed E-state index contributed by atoms with van der Waals surface area (Å²) >= 11 is 0. The van der Waals surface area contributed by atoms with E-state index in [0.717, 1.165) is 30.9 Å². The standard InChI is InChI=1S/C15H24N4O/c1-12(11-15(2,3)20-4)16-9-8-14-18-17-13-7-5-6-10-19(13)14/h5-7,10,12,16H,8-9,11H2,1-4H3. The number of nitrogens with one attached hydrogen (secondary N) is 1. The maximum Gasteiger partial charge on any atom is 0.160 e. The van der Waals surface area contributed by atoms with Crippen molar-refractivity contribution < 1.29 is 4.74 Å². The fourth-order valence-electron chi connectivity index (χ4n) is 2.38. The van der Waals surface area contributed by atoms with Crippen LogP contribution in [0.25, 0.3) is 5.65 Å². The first-order chi connectivity index (χ1) is 9.52. The van der Waals surface area contributed by atoms with Crippen molar-refractivity contribution in [2.75, 3.05) is 13.7 Å². The second-order valence-corrected chi connectivity index (χ2v) is 5.82. The van der Waals surface area contributed by atoms with Crippen LogP contribution in [0.4, 0.5) is 0 Å². The Morgan fingerprint density at radius 2 is 2.15 bits per heavy atom. The molecule has 0 amide bonds. The van der Waals surface area contributed by atoms with E-state index in [1.165, 1.54) is 0 Å². The number of aromatic nitrogens is 3. The van der Waals surface area contributed by atoms with Crippen LogP contribution in [-0.2, 0) is 11.2 Å². The van der Waals surface area contributed by atoms with E-state index in [1.54, 1.807) is 7.11 Å². The van der Waals surface area contributed by atoms with Gasteiger partial charge in [0.15, 0.2) is 5.65 Å².